The van der Waals surface area contributed by atoms with Crippen LogP contribution in [0.5, 0.6) is 0 Å². The molecule has 3 heteroatoms. The van der Waals surface area contributed by atoms with Gasteiger partial charge in [-0.2, -0.15) is 0 Å². The standard InChI is InChI=1S/C7H11NO2/c1-3-7(2)5-4-6-8(9)10/h3-5H,6H2,1-2H3/b5-4-,7-3-. The van der Waals surface area contributed by atoms with E-state index in [1.165, 1.54) is 6.08 Å². The van der Waals surface area contributed by atoms with E-state index in [9.17, 15) is 10.1 Å². The van der Waals surface area contributed by atoms with Gasteiger partial charge in [-0.05, 0) is 19.9 Å². The molecule has 0 atom stereocenters. The zero-order chi connectivity index (χ0) is 7.98. The Morgan fingerprint density at radius 2 is 2.30 bits per heavy atom. The van der Waals surface area contributed by atoms with Crippen LogP contribution in [0.2, 0.25) is 0 Å². The summed E-state index contributed by atoms with van der Waals surface area (Å²) in [6, 6.07) is 0. The second-order valence-electron chi connectivity index (χ2n) is 1.95. The maximum Gasteiger partial charge on any atom is 0.222 e. The molecule has 0 spiro atoms. The minimum atomic E-state index is -0.362. The lowest BCUT2D eigenvalue weighted by molar-refractivity contribution is -0.468. The molecule has 0 heterocycles. The van der Waals surface area contributed by atoms with Gasteiger partial charge in [-0.15, -0.1) is 0 Å². The maximum absolute atomic E-state index is 9.80. The van der Waals surface area contributed by atoms with Gasteiger partial charge in [0.1, 0.15) is 0 Å². The fraction of sp³-hybridized carbons (Fsp3) is 0.429. The molecule has 0 aliphatic carbocycles. The Balaban J connectivity index is 3.67. The first-order chi connectivity index (χ1) is 4.66. The van der Waals surface area contributed by atoms with Crippen molar-refractivity contribution < 1.29 is 4.92 Å². The van der Waals surface area contributed by atoms with Crippen LogP contribution in [-0.4, -0.2) is 11.5 Å². The largest absolute Gasteiger partial charge is 0.264 e. The zero-order valence-corrected chi connectivity index (χ0v) is 6.20. The highest BCUT2D eigenvalue weighted by molar-refractivity contribution is 5.14. The molecule has 0 radical (unpaired) electrons. The van der Waals surface area contributed by atoms with Crippen LogP contribution in [0.3, 0.4) is 0 Å². The molecule has 0 aliphatic rings. The molecule has 0 saturated heterocycles. The summed E-state index contributed by atoms with van der Waals surface area (Å²) >= 11 is 0. The monoisotopic (exact) mass is 141 g/mol. The average Bonchev–Trinajstić information content (AvgIpc) is 1.87. The van der Waals surface area contributed by atoms with Gasteiger partial charge in [-0.25, -0.2) is 0 Å². The van der Waals surface area contributed by atoms with Crippen LogP contribution in [0, 0.1) is 10.1 Å². The lowest BCUT2D eigenvalue weighted by atomic mass is 10.3. The van der Waals surface area contributed by atoms with Crippen molar-refractivity contribution in [1.82, 2.24) is 0 Å². The first kappa shape index (κ1) is 8.88. The quantitative estimate of drug-likeness (QED) is 0.341. The van der Waals surface area contributed by atoms with E-state index in [1.807, 2.05) is 19.9 Å². The lowest BCUT2D eigenvalue weighted by Gasteiger charge is -1.85. The number of nitrogens with zero attached hydrogens (tertiary/aromatic N) is 1. The molecule has 0 aromatic rings. The molecule has 0 aromatic heterocycles. The molecule has 0 rings (SSSR count). The lowest BCUT2D eigenvalue weighted by Crippen LogP contribution is -1.95. The Morgan fingerprint density at radius 3 is 2.70 bits per heavy atom. The summed E-state index contributed by atoms with van der Waals surface area (Å²) in [5, 5.41) is 9.80. The molecule has 0 bridgehead atoms. The van der Waals surface area contributed by atoms with Gasteiger partial charge in [0.2, 0.25) is 6.54 Å². The number of hydrogen-bond donors (Lipinski definition) is 0. The second-order valence-corrected chi connectivity index (χ2v) is 1.95. The number of nitro groups is 1. The molecule has 56 valence electrons. The molecule has 0 aromatic carbocycles. The van der Waals surface area contributed by atoms with Crippen molar-refractivity contribution in [3.63, 3.8) is 0 Å². The fourth-order valence-corrected chi connectivity index (χ4v) is 0.421. The molecule has 0 aliphatic heterocycles. The molecule has 0 fully saturated rings. The second kappa shape index (κ2) is 4.73. The molecule has 0 N–H and O–H groups in total. The highest BCUT2D eigenvalue weighted by Crippen LogP contribution is 1.92. The van der Waals surface area contributed by atoms with Crippen molar-refractivity contribution in [2.24, 2.45) is 0 Å². The molecular weight excluding hydrogens is 130 g/mol. The van der Waals surface area contributed by atoms with Crippen molar-refractivity contribution in [3.8, 4) is 0 Å². The number of rotatable bonds is 3. The van der Waals surface area contributed by atoms with Gasteiger partial charge >= 0.3 is 0 Å². The van der Waals surface area contributed by atoms with Crippen molar-refractivity contribution >= 4 is 0 Å². The molecule has 3 nitrogen and oxygen atoms in total. The van der Waals surface area contributed by atoms with E-state index < -0.39 is 0 Å². The van der Waals surface area contributed by atoms with E-state index >= 15 is 0 Å². The van der Waals surface area contributed by atoms with Crippen LogP contribution >= 0.6 is 0 Å². The van der Waals surface area contributed by atoms with Crippen molar-refractivity contribution in [3.05, 3.63) is 33.9 Å². The minimum absolute atomic E-state index is 0.0921. The summed E-state index contributed by atoms with van der Waals surface area (Å²) < 4.78 is 0. The van der Waals surface area contributed by atoms with Crippen molar-refractivity contribution in [2.45, 2.75) is 13.8 Å². The van der Waals surface area contributed by atoms with Gasteiger partial charge in [-0.3, -0.25) is 10.1 Å². The average molecular weight is 141 g/mol. The zero-order valence-electron chi connectivity index (χ0n) is 6.20. The van der Waals surface area contributed by atoms with Crippen LogP contribution in [0.25, 0.3) is 0 Å². The Bertz CT molecular complexity index is 170. The van der Waals surface area contributed by atoms with Crippen LogP contribution in [-0.2, 0) is 0 Å². The number of hydrogen-bond acceptors (Lipinski definition) is 2. The van der Waals surface area contributed by atoms with E-state index in [0.717, 1.165) is 5.57 Å². The van der Waals surface area contributed by atoms with Crippen LogP contribution in [0.4, 0.5) is 0 Å². The van der Waals surface area contributed by atoms with E-state index in [4.69, 9.17) is 0 Å². The van der Waals surface area contributed by atoms with Gasteiger partial charge in [-0.1, -0.05) is 17.7 Å². The third kappa shape index (κ3) is 5.03. The summed E-state index contributed by atoms with van der Waals surface area (Å²) in [7, 11) is 0. The predicted octanol–water partition coefficient (Wildman–Crippen LogP) is 1.79. The maximum atomic E-state index is 9.80. The van der Waals surface area contributed by atoms with Crippen LogP contribution in [0.15, 0.2) is 23.8 Å². The van der Waals surface area contributed by atoms with Gasteiger partial charge in [0, 0.05) is 4.92 Å². The van der Waals surface area contributed by atoms with E-state index in [0.29, 0.717) is 0 Å². The predicted molar refractivity (Wildman–Crippen MR) is 40.4 cm³/mol. The Kier molecular flexibility index (Phi) is 4.20. The summed E-state index contributed by atoms with van der Waals surface area (Å²) in [6.07, 6.45) is 5.18. The van der Waals surface area contributed by atoms with E-state index in [-0.39, 0.29) is 11.5 Å². The fourth-order valence-electron chi connectivity index (χ4n) is 0.421. The third-order valence-corrected chi connectivity index (χ3v) is 1.09. The molecule has 0 amide bonds. The molecule has 0 saturated carbocycles. The summed E-state index contributed by atoms with van der Waals surface area (Å²) in [6.45, 7) is 3.70. The van der Waals surface area contributed by atoms with Crippen molar-refractivity contribution in [2.75, 3.05) is 6.54 Å². The Hall–Kier alpha value is -1.12. The van der Waals surface area contributed by atoms with Crippen molar-refractivity contribution in [1.29, 1.82) is 0 Å². The normalized spacial score (nSPS) is 12.4. The first-order valence-corrected chi connectivity index (χ1v) is 3.08. The van der Waals surface area contributed by atoms with E-state index in [1.54, 1.807) is 6.08 Å². The Morgan fingerprint density at radius 1 is 1.70 bits per heavy atom. The van der Waals surface area contributed by atoms with Gasteiger partial charge in [0.05, 0.1) is 0 Å². The first-order valence-electron chi connectivity index (χ1n) is 3.08. The summed E-state index contributed by atoms with van der Waals surface area (Å²) in [4.78, 5) is 9.44. The van der Waals surface area contributed by atoms with Gasteiger partial charge in [0.15, 0.2) is 0 Å². The molecule has 10 heavy (non-hydrogen) atoms. The topological polar surface area (TPSA) is 43.1 Å². The summed E-state index contributed by atoms with van der Waals surface area (Å²) in [5.41, 5.74) is 1.04. The SMILES string of the molecule is C/C=C(C)\C=C/C[N+](=O)[O-]. The number of allylic oxidation sites excluding steroid dienone is 3. The minimum Gasteiger partial charge on any atom is -0.264 e. The molecular formula is C7H11NO2. The van der Waals surface area contributed by atoms with Gasteiger partial charge < -0.3 is 0 Å². The molecule has 0 unspecified atom stereocenters. The van der Waals surface area contributed by atoms with Crippen LogP contribution < -0.4 is 0 Å². The van der Waals surface area contributed by atoms with Gasteiger partial charge in [0.25, 0.3) is 0 Å². The summed E-state index contributed by atoms with van der Waals surface area (Å²) in [5.74, 6) is 0. The Labute approximate surface area is 60.2 Å². The van der Waals surface area contributed by atoms with E-state index in [2.05, 4.69) is 0 Å². The van der Waals surface area contributed by atoms with Crippen LogP contribution in [0.1, 0.15) is 13.8 Å². The third-order valence-electron chi connectivity index (χ3n) is 1.09. The highest BCUT2D eigenvalue weighted by Gasteiger charge is 1.86. The smallest absolute Gasteiger partial charge is 0.222 e. The highest BCUT2D eigenvalue weighted by atomic mass is 16.6.